The van der Waals surface area contributed by atoms with Gasteiger partial charge in [-0.2, -0.15) is 22.6 Å². The zero-order valence-electron chi connectivity index (χ0n) is 10.2. The standard InChI is InChI=1S/C12H7F3N4OS/c13-12(14,15)9-4-10(19-18-9)17-11(20)6-1-2-7-5-16-21-8(7)3-6/h1-5H,(H2,17,18,19,20). The van der Waals surface area contributed by atoms with Gasteiger partial charge < -0.3 is 5.32 Å². The normalized spacial score (nSPS) is 11.8. The molecule has 21 heavy (non-hydrogen) atoms. The predicted molar refractivity (Wildman–Crippen MR) is 71.2 cm³/mol. The van der Waals surface area contributed by atoms with Crippen LogP contribution in [0.5, 0.6) is 0 Å². The molecule has 2 aromatic heterocycles. The number of aromatic amines is 1. The molecule has 9 heteroatoms. The van der Waals surface area contributed by atoms with Crippen LogP contribution in [0, 0.1) is 0 Å². The van der Waals surface area contributed by atoms with Gasteiger partial charge in [0.15, 0.2) is 5.82 Å². The lowest BCUT2D eigenvalue weighted by atomic mass is 10.2. The van der Waals surface area contributed by atoms with Crippen molar-refractivity contribution in [2.75, 3.05) is 5.32 Å². The molecule has 0 saturated carbocycles. The van der Waals surface area contributed by atoms with Gasteiger partial charge >= 0.3 is 6.18 Å². The molecule has 0 radical (unpaired) electrons. The van der Waals surface area contributed by atoms with Gasteiger partial charge in [0.2, 0.25) is 0 Å². The number of carbonyl (C=O) groups excluding carboxylic acids is 1. The first kappa shape index (κ1) is 13.6. The van der Waals surface area contributed by atoms with Crippen molar-refractivity contribution in [3.8, 4) is 0 Å². The Hall–Kier alpha value is -2.42. The molecule has 3 rings (SSSR count). The van der Waals surface area contributed by atoms with Crippen molar-refractivity contribution in [1.82, 2.24) is 14.6 Å². The molecule has 0 aliphatic rings. The summed E-state index contributed by atoms with van der Waals surface area (Å²) < 4.78 is 42.0. The number of rotatable bonds is 2. The highest BCUT2D eigenvalue weighted by molar-refractivity contribution is 7.13. The number of carbonyl (C=O) groups is 1. The number of hydrogen-bond acceptors (Lipinski definition) is 4. The Balaban J connectivity index is 1.81. The van der Waals surface area contributed by atoms with Crippen LogP contribution >= 0.6 is 11.5 Å². The third kappa shape index (κ3) is 2.72. The summed E-state index contributed by atoms with van der Waals surface area (Å²) in [5.41, 5.74) is -0.695. The van der Waals surface area contributed by atoms with Gasteiger partial charge in [-0.15, -0.1) is 0 Å². The van der Waals surface area contributed by atoms with Crippen LogP contribution in [-0.2, 0) is 6.18 Å². The number of halogens is 3. The minimum Gasteiger partial charge on any atom is -0.305 e. The average Bonchev–Trinajstić information content (AvgIpc) is 3.04. The highest BCUT2D eigenvalue weighted by atomic mass is 32.1. The lowest BCUT2D eigenvalue weighted by Gasteiger charge is -2.02. The van der Waals surface area contributed by atoms with Crippen LogP contribution in [0.3, 0.4) is 0 Å². The van der Waals surface area contributed by atoms with Gasteiger partial charge in [0.1, 0.15) is 5.69 Å². The smallest absolute Gasteiger partial charge is 0.305 e. The maximum Gasteiger partial charge on any atom is 0.432 e. The topological polar surface area (TPSA) is 70.7 Å². The van der Waals surface area contributed by atoms with E-state index in [0.29, 0.717) is 5.56 Å². The first-order chi connectivity index (χ1) is 9.93. The predicted octanol–water partition coefficient (Wildman–Crippen LogP) is 3.29. The summed E-state index contributed by atoms with van der Waals surface area (Å²) >= 11 is 1.23. The number of amides is 1. The summed E-state index contributed by atoms with van der Waals surface area (Å²) in [6, 6.07) is 5.66. The molecule has 0 bridgehead atoms. The van der Waals surface area contributed by atoms with Crippen molar-refractivity contribution in [2.24, 2.45) is 0 Å². The van der Waals surface area contributed by atoms with Crippen LogP contribution in [-0.4, -0.2) is 20.5 Å². The number of fused-ring (bicyclic) bond motifs is 1. The lowest BCUT2D eigenvalue weighted by Crippen LogP contribution is -2.12. The van der Waals surface area contributed by atoms with E-state index in [0.717, 1.165) is 16.2 Å². The second-order valence-corrected chi connectivity index (χ2v) is 5.03. The highest BCUT2D eigenvalue weighted by Crippen LogP contribution is 2.29. The molecule has 2 N–H and O–H groups in total. The van der Waals surface area contributed by atoms with Gasteiger partial charge in [-0.3, -0.25) is 9.89 Å². The summed E-state index contributed by atoms with van der Waals surface area (Å²) in [6.45, 7) is 0. The van der Waals surface area contributed by atoms with Crippen molar-refractivity contribution in [3.05, 3.63) is 41.7 Å². The van der Waals surface area contributed by atoms with Crippen molar-refractivity contribution in [2.45, 2.75) is 6.18 Å². The minimum atomic E-state index is -4.53. The van der Waals surface area contributed by atoms with Gasteiger partial charge in [0.05, 0.1) is 4.70 Å². The number of anilines is 1. The molecule has 0 saturated heterocycles. The van der Waals surface area contributed by atoms with Crippen LogP contribution < -0.4 is 5.32 Å². The summed E-state index contributed by atoms with van der Waals surface area (Å²) in [5.74, 6) is -0.720. The summed E-state index contributed by atoms with van der Waals surface area (Å²) in [4.78, 5) is 12.0. The first-order valence-corrected chi connectivity index (χ1v) is 6.49. The third-order valence-corrected chi connectivity index (χ3v) is 3.50. The monoisotopic (exact) mass is 312 g/mol. The van der Waals surface area contributed by atoms with Gasteiger partial charge in [0, 0.05) is 23.2 Å². The zero-order valence-corrected chi connectivity index (χ0v) is 11.0. The fourth-order valence-electron chi connectivity index (χ4n) is 1.72. The van der Waals surface area contributed by atoms with Crippen LogP contribution in [0.15, 0.2) is 30.5 Å². The van der Waals surface area contributed by atoms with Crippen molar-refractivity contribution in [1.29, 1.82) is 0 Å². The number of alkyl halides is 3. The van der Waals surface area contributed by atoms with Crippen LogP contribution in [0.1, 0.15) is 16.1 Å². The highest BCUT2D eigenvalue weighted by Gasteiger charge is 2.33. The average molecular weight is 312 g/mol. The Bertz CT molecular complexity index is 808. The van der Waals surface area contributed by atoms with Crippen LogP contribution in [0.2, 0.25) is 0 Å². The molecule has 2 heterocycles. The molecule has 108 valence electrons. The fraction of sp³-hybridized carbons (Fsp3) is 0.0833. The molecule has 0 unspecified atom stereocenters. The largest absolute Gasteiger partial charge is 0.432 e. The Labute approximate surface area is 120 Å². The molecule has 0 aliphatic heterocycles. The summed E-state index contributed by atoms with van der Waals surface area (Å²) in [5, 5.41) is 8.45. The van der Waals surface area contributed by atoms with E-state index in [2.05, 4.69) is 14.8 Å². The molecule has 3 aromatic rings. The number of nitrogens with one attached hydrogen (secondary N) is 2. The summed E-state index contributed by atoms with van der Waals surface area (Å²) in [7, 11) is 0. The molecular formula is C12H7F3N4OS. The molecule has 1 aromatic carbocycles. The molecule has 0 fully saturated rings. The maximum atomic E-state index is 12.4. The van der Waals surface area contributed by atoms with Gasteiger partial charge in [-0.25, -0.2) is 0 Å². The quantitative estimate of drug-likeness (QED) is 0.763. The van der Waals surface area contributed by atoms with Crippen LogP contribution in [0.4, 0.5) is 19.0 Å². The number of hydrogen-bond donors (Lipinski definition) is 2. The van der Waals surface area contributed by atoms with E-state index in [1.807, 2.05) is 5.10 Å². The number of aromatic nitrogens is 3. The number of benzene rings is 1. The molecule has 0 spiro atoms. The molecular weight excluding hydrogens is 305 g/mol. The van der Waals surface area contributed by atoms with E-state index < -0.39 is 17.8 Å². The fourth-order valence-corrected chi connectivity index (χ4v) is 2.41. The Morgan fingerprint density at radius 3 is 2.81 bits per heavy atom. The zero-order chi connectivity index (χ0) is 15.0. The van der Waals surface area contributed by atoms with Gasteiger partial charge in [-0.05, 0) is 23.7 Å². The SMILES string of the molecule is O=C(Nc1cc(C(F)(F)F)[nH]n1)c1ccc2cnsc2c1. The van der Waals surface area contributed by atoms with Crippen molar-refractivity contribution < 1.29 is 18.0 Å². The van der Waals surface area contributed by atoms with Crippen LogP contribution in [0.25, 0.3) is 10.1 Å². The lowest BCUT2D eigenvalue weighted by molar-refractivity contribution is -0.141. The van der Waals surface area contributed by atoms with E-state index >= 15 is 0 Å². The molecule has 0 atom stereocenters. The second kappa shape index (κ2) is 4.85. The van der Waals surface area contributed by atoms with E-state index in [4.69, 9.17) is 0 Å². The summed E-state index contributed by atoms with van der Waals surface area (Å²) in [6.07, 6.45) is -2.86. The Morgan fingerprint density at radius 2 is 2.10 bits per heavy atom. The Kier molecular flexibility index (Phi) is 3.13. The maximum absolute atomic E-state index is 12.4. The Morgan fingerprint density at radius 1 is 1.29 bits per heavy atom. The van der Waals surface area contributed by atoms with Gasteiger partial charge in [-0.1, -0.05) is 6.07 Å². The first-order valence-electron chi connectivity index (χ1n) is 5.72. The third-order valence-electron chi connectivity index (χ3n) is 2.74. The molecule has 1 amide bonds. The van der Waals surface area contributed by atoms with Gasteiger partial charge in [0.25, 0.3) is 5.91 Å². The second-order valence-electron chi connectivity index (χ2n) is 4.20. The van der Waals surface area contributed by atoms with E-state index in [1.54, 1.807) is 24.4 Å². The molecule has 5 nitrogen and oxygen atoms in total. The van der Waals surface area contributed by atoms with Crippen molar-refractivity contribution in [3.63, 3.8) is 0 Å². The van der Waals surface area contributed by atoms with E-state index in [1.165, 1.54) is 11.5 Å². The minimum absolute atomic E-state index is 0.184. The number of H-pyrrole nitrogens is 1. The van der Waals surface area contributed by atoms with E-state index in [9.17, 15) is 18.0 Å². The van der Waals surface area contributed by atoms with Crippen molar-refractivity contribution >= 4 is 33.3 Å². The number of nitrogens with zero attached hydrogens (tertiary/aromatic N) is 2. The molecule has 0 aliphatic carbocycles. The van der Waals surface area contributed by atoms with E-state index in [-0.39, 0.29) is 5.82 Å².